The summed E-state index contributed by atoms with van der Waals surface area (Å²) < 4.78 is 1.84. The van der Waals surface area contributed by atoms with Gasteiger partial charge in [0.1, 0.15) is 0 Å². The van der Waals surface area contributed by atoms with Crippen molar-refractivity contribution in [2.45, 2.75) is 20.3 Å². The summed E-state index contributed by atoms with van der Waals surface area (Å²) in [6.45, 7) is 4.28. The highest BCUT2D eigenvalue weighted by molar-refractivity contribution is 6.30. The Morgan fingerprint density at radius 3 is 2.50 bits per heavy atom. The predicted molar refractivity (Wildman–Crippen MR) is 51.2 cm³/mol. The van der Waals surface area contributed by atoms with Crippen LogP contribution >= 0.6 is 11.6 Å². The van der Waals surface area contributed by atoms with E-state index >= 15 is 0 Å². The van der Waals surface area contributed by atoms with Crippen molar-refractivity contribution in [2.75, 3.05) is 5.73 Å². The molecule has 0 aliphatic carbocycles. The van der Waals surface area contributed by atoms with Crippen LogP contribution in [-0.4, -0.2) is 9.55 Å². The molecule has 0 saturated heterocycles. The summed E-state index contributed by atoms with van der Waals surface area (Å²) in [4.78, 5) is 3.97. The van der Waals surface area contributed by atoms with Gasteiger partial charge in [0.05, 0.1) is 5.69 Å². The van der Waals surface area contributed by atoms with Gasteiger partial charge in [-0.05, 0) is 12.3 Å². The van der Waals surface area contributed by atoms with Gasteiger partial charge in [0.15, 0.2) is 5.15 Å². The summed E-state index contributed by atoms with van der Waals surface area (Å²) in [5.41, 5.74) is 6.60. The first kappa shape index (κ1) is 9.39. The molecular formula is C8H14ClN3. The Bertz CT molecular complexity index is 278. The van der Waals surface area contributed by atoms with Crippen molar-refractivity contribution in [3.63, 3.8) is 0 Å². The van der Waals surface area contributed by atoms with Crippen LogP contribution in [0, 0.1) is 5.92 Å². The SMILES string of the molecule is CC(C)Cc1c(Cl)nc(N)n1C. The van der Waals surface area contributed by atoms with E-state index in [2.05, 4.69) is 18.8 Å². The van der Waals surface area contributed by atoms with Crippen molar-refractivity contribution in [1.29, 1.82) is 0 Å². The molecule has 0 amide bonds. The monoisotopic (exact) mass is 187 g/mol. The lowest BCUT2D eigenvalue weighted by Crippen LogP contribution is -2.04. The van der Waals surface area contributed by atoms with Gasteiger partial charge in [-0.1, -0.05) is 25.4 Å². The zero-order valence-corrected chi connectivity index (χ0v) is 8.39. The molecule has 0 radical (unpaired) electrons. The third-order valence-corrected chi connectivity index (χ3v) is 2.10. The number of hydrogen-bond acceptors (Lipinski definition) is 2. The lowest BCUT2D eigenvalue weighted by molar-refractivity contribution is 0.618. The lowest BCUT2D eigenvalue weighted by atomic mass is 10.1. The fraction of sp³-hybridized carbons (Fsp3) is 0.625. The van der Waals surface area contributed by atoms with Gasteiger partial charge in [-0.25, -0.2) is 4.98 Å². The van der Waals surface area contributed by atoms with Gasteiger partial charge in [0.2, 0.25) is 5.95 Å². The van der Waals surface area contributed by atoms with Crippen LogP contribution in [0.5, 0.6) is 0 Å². The molecule has 1 heterocycles. The summed E-state index contributed by atoms with van der Waals surface area (Å²) in [6.07, 6.45) is 0.916. The van der Waals surface area contributed by atoms with Gasteiger partial charge in [0.25, 0.3) is 0 Å². The fourth-order valence-electron chi connectivity index (χ4n) is 1.12. The Morgan fingerprint density at radius 2 is 2.17 bits per heavy atom. The number of nitrogens with zero attached hydrogens (tertiary/aromatic N) is 2. The Morgan fingerprint density at radius 1 is 1.58 bits per heavy atom. The van der Waals surface area contributed by atoms with Crippen LogP contribution in [0.25, 0.3) is 0 Å². The largest absolute Gasteiger partial charge is 0.369 e. The van der Waals surface area contributed by atoms with Crippen LogP contribution in [0.3, 0.4) is 0 Å². The molecule has 0 bridgehead atoms. The molecule has 68 valence electrons. The second-order valence-corrected chi connectivity index (χ2v) is 3.72. The van der Waals surface area contributed by atoms with E-state index in [4.69, 9.17) is 17.3 Å². The third kappa shape index (κ3) is 1.72. The summed E-state index contributed by atoms with van der Waals surface area (Å²) in [7, 11) is 1.88. The molecule has 4 heteroatoms. The number of nitrogen functional groups attached to an aromatic ring is 1. The molecule has 0 aliphatic heterocycles. The molecule has 0 aliphatic rings. The second-order valence-electron chi connectivity index (χ2n) is 3.36. The van der Waals surface area contributed by atoms with Gasteiger partial charge in [0, 0.05) is 7.05 Å². The highest BCUT2D eigenvalue weighted by Gasteiger charge is 2.11. The average Bonchev–Trinajstić information content (AvgIpc) is 2.16. The van der Waals surface area contributed by atoms with Crippen LogP contribution in [0.4, 0.5) is 5.95 Å². The van der Waals surface area contributed by atoms with Crippen LogP contribution in [-0.2, 0) is 13.5 Å². The van der Waals surface area contributed by atoms with E-state index in [1.807, 2.05) is 11.6 Å². The Labute approximate surface area is 77.5 Å². The summed E-state index contributed by atoms with van der Waals surface area (Å²) >= 11 is 5.88. The molecule has 0 atom stereocenters. The van der Waals surface area contributed by atoms with E-state index in [1.165, 1.54) is 0 Å². The molecule has 1 aromatic rings. The molecule has 0 spiro atoms. The normalized spacial score (nSPS) is 11.1. The van der Waals surface area contributed by atoms with E-state index in [0.29, 0.717) is 17.0 Å². The number of hydrogen-bond donors (Lipinski definition) is 1. The molecule has 2 N–H and O–H groups in total. The number of aromatic nitrogens is 2. The van der Waals surface area contributed by atoms with E-state index in [1.54, 1.807) is 0 Å². The number of nitrogens with two attached hydrogens (primary N) is 1. The molecule has 0 aromatic carbocycles. The maximum absolute atomic E-state index is 5.88. The van der Waals surface area contributed by atoms with Crippen molar-refractivity contribution < 1.29 is 0 Å². The highest BCUT2D eigenvalue weighted by atomic mass is 35.5. The fourth-order valence-corrected chi connectivity index (χ4v) is 1.42. The van der Waals surface area contributed by atoms with Gasteiger partial charge >= 0.3 is 0 Å². The van der Waals surface area contributed by atoms with Gasteiger partial charge in [-0.15, -0.1) is 0 Å². The molecular weight excluding hydrogens is 174 g/mol. The molecule has 1 rings (SSSR count). The minimum absolute atomic E-state index is 0.482. The maximum Gasteiger partial charge on any atom is 0.201 e. The molecule has 0 fully saturated rings. The maximum atomic E-state index is 5.88. The van der Waals surface area contributed by atoms with E-state index in [-0.39, 0.29) is 0 Å². The standard InChI is InChI=1S/C8H14ClN3/c1-5(2)4-6-7(9)11-8(10)12(6)3/h5H,4H2,1-3H3,(H2,10,11). The molecule has 1 aromatic heterocycles. The van der Waals surface area contributed by atoms with Crippen LogP contribution in [0.15, 0.2) is 0 Å². The third-order valence-electron chi connectivity index (χ3n) is 1.80. The van der Waals surface area contributed by atoms with Crippen LogP contribution in [0.1, 0.15) is 19.5 Å². The Hall–Kier alpha value is -0.700. The van der Waals surface area contributed by atoms with Gasteiger partial charge in [-0.3, -0.25) is 0 Å². The number of anilines is 1. The van der Waals surface area contributed by atoms with Crippen molar-refractivity contribution in [2.24, 2.45) is 13.0 Å². The predicted octanol–water partition coefficient (Wildman–Crippen LogP) is 1.85. The van der Waals surface area contributed by atoms with Gasteiger partial charge in [-0.2, -0.15) is 0 Å². The number of rotatable bonds is 2. The summed E-state index contributed by atoms with van der Waals surface area (Å²) in [6, 6.07) is 0. The smallest absolute Gasteiger partial charge is 0.201 e. The van der Waals surface area contributed by atoms with Crippen molar-refractivity contribution in [1.82, 2.24) is 9.55 Å². The summed E-state index contributed by atoms with van der Waals surface area (Å²) in [5.74, 6) is 1.05. The van der Waals surface area contributed by atoms with Crippen molar-refractivity contribution in [3.05, 3.63) is 10.8 Å². The summed E-state index contributed by atoms with van der Waals surface area (Å²) in [5, 5.41) is 0.531. The topological polar surface area (TPSA) is 43.8 Å². The molecule has 3 nitrogen and oxygen atoms in total. The first-order valence-corrected chi connectivity index (χ1v) is 4.36. The second kappa shape index (κ2) is 3.35. The number of imidazole rings is 1. The molecule has 0 saturated carbocycles. The van der Waals surface area contributed by atoms with E-state index in [9.17, 15) is 0 Å². The van der Waals surface area contributed by atoms with Crippen molar-refractivity contribution in [3.8, 4) is 0 Å². The highest BCUT2D eigenvalue weighted by Crippen LogP contribution is 2.20. The first-order valence-electron chi connectivity index (χ1n) is 3.99. The van der Waals surface area contributed by atoms with Crippen LogP contribution < -0.4 is 5.73 Å². The van der Waals surface area contributed by atoms with Gasteiger partial charge < -0.3 is 10.3 Å². The van der Waals surface area contributed by atoms with E-state index < -0.39 is 0 Å². The Balaban J connectivity index is 2.97. The quantitative estimate of drug-likeness (QED) is 0.768. The first-order chi connectivity index (χ1) is 5.52. The zero-order chi connectivity index (χ0) is 9.30. The molecule has 0 unspecified atom stereocenters. The molecule has 12 heavy (non-hydrogen) atoms. The number of halogens is 1. The minimum Gasteiger partial charge on any atom is -0.369 e. The average molecular weight is 188 g/mol. The van der Waals surface area contributed by atoms with Crippen molar-refractivity contribution >= 4 is 17.5 Å². The minimum atomic E-state index is 0.482. The Kier molecular flexibility index (Phi) is 2.62. The van der Waals surface area contributed by atoms with E-state index in [0.717, 1.165) is 12.1 Å². The lowest BCUT2D eigenvalue weighted by Gasteiger charge is -2.05. The zero-order valence-electron chi connectivity index (χ0n) is 7.63. The van der Waals surface area contributed by atoms with Crippen LogP contribution in [0.2, 0.25) is 5.15 Å².